The van der Waals surface area contributed by atoms with Crippen molar-refractivity contribution >= 4 is 28.1 Å². The molecule has 1 aromatic carbocycles. The maximum absolute atomic E-state index is 10.9. The lowest BCUT2D eigenvalue weighted by Gasteiger charge is -1.96. The zero-order valence-corrected chi connectivity index (χ0v) is 9.36. The van der Waals surface area contributed by atoms with E-state index in [4.69, 9.17) is 5.26 Å². The number of carbonyl (C=O) groups is 1. The fourth-order valence-corrected chi connectivity index (χ4v) is 1.25. The summed E-state index contributed by atoms with van der Waals surface area (Å²) >= 11 is 3.34. The minimum Gasteiger partial charge on any atom is -0.272 e. The van der Waals surface area contributed by atoms with Crippen LogP contribution in [-0.4, -0.2) is 12.1 Å². The number of nitrogens with one attached hydrogen (secondary N) is 1. The molecule has 4 nitrogen and oxygen atoms in total. The van der Waals surface area contributed by atoms with Crippen LogP contribution in [0.15, 0.2) is 33.8 Å². The van der Waals surface area contributed by atoms with Crippen molar-refractivity contribution in [2.45, 2.75) is 6.42 Å². The fraction of sp³-hybridized carbons (Fsp3) is 0.100. The normalized spacial score (nSPS) is 9.87. The number of hydrazone groups is 1. The Hall–Kier alpha value is -1.67. The highest BCUT2D eigenvalue weighted by Gasteiger charge is 1.96. The van der Waals surface area contributed by atoms with E-state index in [9.17, 15) is 4.79 Å². The zero-order valence-electron chi connectivity index (χ0n) is 7.77. The molecular weight excluding hydrogens is 258 g/mol. The van der Waals surface area contributed by atoms with Crippen LogP contribution in [0.4, 0.5) is 0 Å². The van der Waals surface area contributed by atoms with Gasteiger partial charge in [0, 0.05) is 10.0 Å². The van der Waals surface area contributed by atoms with E-state index < -0.39 is 5.91 Å². The third-order valence-electron chi connectivity index (χ3n) is 1.54. The van der Waals surface area contributed by atoms with Crippen molar-refractivity contribution in [3.05, 3.63) is 34.3 Å². The fourth-order valence-electron chi connectivity index (χ4n) is 0.865. The highest BCUT2D eigenvalue weighted by Crippen LogP contribution is 2.13. The molecule has 0 fully saturated rings. The van der Waals surface area contributed by atoms with Crippen LogP contribution >= 0.6 is 15.9 Å². The van der Waals surface area contributed by atoms with E-state index in [1.54, 1.807) is 6.07 Å². The van der Waals surface area contributed by atoms with Crippen molar-refractivity contribution in [2.24, 2.45) is 5.10 Å². The van der Waals surface area contributed by atoms with E-state index in [1.165, 1.54) is 6.21 Å². The Morgan fingerprint density at radius 3 is 3.00 bits per heavy atom. The summed E-state index contributed by atoms with van der Waals surface area (Å²) in [5, 5.41) is 11.9. The van der Waals surface area contributed by atoms with Gasteiger partial charge < -0.3 is 0 Å². The number of rotatable bonds is 3. The zero-order chi connectivity index (χ0) is 11.1. The lowest BCUT2D eigenvalue weighted by atomic mass is 10.2. The first kappa shape index (κ1) is 11.4. The highest BCUT2D eigenvalue weighted by molar-refractivity contribution is 9.10. The smallest absolute Gasteiger partial charge is 0.254 e. The minimum atomic E-state index is -0.416. The summed E-state index contributed by atoms with van der Waals surface area (Å²) in [7, 11) is 0. The third kappa shape index (κ3) is 3.92. The van der Waals surface area contributed by atoms with Crippen LogP contribution in [0.2, 0.25) is 0 Å². The van der Waals surface area contributed by atoms with Gasteiger partial charge in [-0.3, -0.25) is 4.79 Å². The van der Waals surface area contributed by atoms with Crippen molar-refractivity contribution in [1.29, 1.82) is 5.26 Å². The number of hydrogen-bond acceptors (Lipinski definition) is 3. The molecule has 76 valence electrons. The molecule has 0 unspecified atom stereocenters. The Morgan fingerprint density at radius 1 is 1.60 bits per heavy atom. The van der Waals surface area contributed by atoms with Gasteiger partial charge in [0.2, 0.25) is 0 Å². The molecule has 1 aromatic rings. The summed E-state index contributed by atoms with van der Waals surface area (Å²) in [4.78, 5) is 10.9. The Labute approximate surface area is 95.7 Å². The number of carbonyl (C=O) groups excluding carboxylic acids is 1. The van der Waals surface area contributed by atoms with E-state index in [1.807, 2.05) is 24.3 Å². The second-order valence-corrected chi connectivity index (χ2v) is 3.50. The van der Waals surface area contributed by atoms with Crippen LogP contribution in [0.25, 0.3) is 0 Å². The molecule has 0 spiro atoms. The molecule has 1 rings (SSSR count). The van der Waals surface area contributed by atoms with Crippen molar-refractivity contribution in [3.63, 3.8) is 0 Å². The number of hydrogen-bond donors (Lipinski definition) is 1. The van der Waals surface area contributed by atoms with Crippen LogP contribution in [0.3, 0.4) is 0 Å². The van der Waals surface area contributed by atoms with Crippen LogP contribution in [-0.2, 0) is 4.79 Å². The largest absolute Gasteiger partial charge is 0.272 e. The summed E-state index contributed by atoms with van der Waals surface area (Å²) < 4.78 is 0.892. The van der Waals surface area contributed by atoms with Gasteiger partial charge in [0.15, 0.2) is 0 Å². The lowest BCUT2D eigenvalue weighted by molar-refractivity contribution is -0.120. The molecule has 0 aromatic heterocycles. The Morgan fingerprint density at radius 2 is 2.33 bits per heavy atom. The van der Waals surface area contributed by atoms with Gasteiger partial charge >= 0.3 is 0 Å². The maximum atomic E-state index is 10.9. The summed E-state index contributed by atoms with van der Waals surface area (Å²) in [5.41, 5.74) is 3.10. The van der Waals surface area contributed by atoms with Crippen molar-refractivity contribution in [1.82, 2.24) is 5.43 Å². The average molecular weight is 266 g/mol. The van der Waals surface area contributed by atoms with Gasteiger partial charge in [-0.15, -0.1) is 0 Å². The standard InChI is InChI=1S/C10H8BrN3O/c11-9-4-2-1-3-8(9)7-13-14-10(15)5-6-12/h1-4,7H,5H2,(H,14,15)/b13-7+. The molecule has 0 aliphatic heterocycles. The first-order chi connectivity index (χ1) is 7.24. The second kappa shape index (κ2) is 5.94. The molecule has 15 heavy (non-hydrogen) atoms. The van der Waals surface area contributed by atoms with Gasteiger partial charge in [-0.1, -0.05) is 34.1 Å². The first-order valence-electron chi connectivity index (χ1n) is 4.17. The molecule has 0 saturated heterocycles. The Balaban J connectivity index is 2.56. The molecule has 1 N–H and O–H groups in total. The van der Waals surface area contributed by atoms with Gasteiger partial charge in [0.25, 0.3) is 5.91 Å². The van der Waals surface area contributed by atoms with E-state index in [-0.39, 0.29) is 6.42 Å². The summed E-state index contributed by atoms with van der Waals surface area (Å²) in [6, 6.07) is 9.21. The predicted molar refractivity (Wildman–Crippen MR) is 60.1 cm³/mol. The molecule has 0 bridgehead atoms. The van der Waals surface area contributed by atoms with E-state index in [0.717, 1.165) is 10.0 Å². The topological polar surface area (TPSA) is 65.2 Å². The Bertz CT molecular complexity index is 423. The average Bonchev–Trinajstić information content (AvgIpc) is 2.21. The third-order valence-corrected chi connectivity index (χ3v) is 2.26. The van der Waals surface area contributed by atoms with Gasteiger partial charge in [-0.25, -0.2) is 5.43 Å². The van der Waals surface area contributed by atoms with Crippen LogP contribution < -0.4 is 5.43 Å². The van der Waals surface area contributed by atoms with Crippen molar-refractivity contribution in [2.75, 3.05) is 0 Å². The summed E-state index contributed by atoms with van der Waals surface area (Å²) in [5.74, 6) is -0.416. The van der Waals surface area contributed by atoms with Crippen LogP contribution in [0.1, 0.15) is 12.0 Å². The lowest BCUT2D eigenvalue weighted by Crippen LogP contribution is -2.16. The molecule has 0 heterocycles. The predicted octanol–water partition coefficient (Wildman–Crippen LogP) is 1.81. The number of benzene rings is 1. The van der Waals surface area contributed by atoms with Crippen molar-refractivity contribution < 1.29 is 4.79 Å². The first-order valence-corrected chi connectivity index (χ1v) is 4.96. The minimum absolute atomic E-state index is 0.187. The molecule has 0 aliphatic carbocycles. The van der Waals surface area contributed by atoms with Crippen LogP contribution in [0, 0.1) is 11.3 Å². The molecule has 5 heteroatoms. The van der Waals surface area contributed by atoms with Gasteiger partial charge in [-0.05, 0) is 6.07 Å². The molecule has 1 amide bonds. The molecular formula is C10H8BrN3O. The quantitative estimate of drug-likeness (QED) is 0.669. The number of amides is 1. The van der Waals surface area contributed by atoms with E-state index >= 15 is 0 Å². The van der Waals surface area contributed by atoms with Gasteiger partial charge in [0.1, 0.15) is 6.42 Å². The summed E-state index contributed by atoms with van der Waals surface area (Å²) in [6.45, 7) is 0. The van der Waals surface area contributed by atoms with Gasteiger partial charge in [-0.2, -0.15) is 10.4 Å². The maximum Gasteiger partial charge on any atom is 0.254 e. The molecule has 0 radical (unpaired) electrons. The van der Waals surface area contributed by atoms with Crippen LogP contribution in [0.5, 0.6) is 0 Å². The van der Waals surface area contributed by atoms with E-state index in [0.29, 0.717) is 0 Å². The van der Waals surface area contributed by atoms with Gasteiger partial charge in [0.05, 0.1) is 12.3 Å². The number of nitrogens with zero attached hydrogens (tertiary/aromatic N) is 2. The van der Waals surface area contributed by atoms with E-state index in [2.05, 4.69) is 26.5 Å². The SMILES string of the molecule is N#CCC(=O)N/N=C/c1ccccc1Br. The highest BCUT2D eigenvalue weighted by atomic mass is 79.9. The number of halogens is 1. The Kier molecular flexibility index (Phi) is 4.51. The molecule has 0 atom stereocenters. The van der Waals surface area contributed by atoms with Crippen molar-refractivity contribution in [3.8, 4) is 6.07 Å². The number of nitriles is 1. The molecule has 0 saturated carbocycles. The molecule has 0 aliphatic rings. The monoisotopic (exact) mass is 265 g/mol. The summed E-state index contributed by atoms with van der Waals surface area (Å²) in [6.07, 6.45) is 1.33. The second-order valence-electron chi connectivity index (χ2n) is 2.65.